The molecule has 0 saturated carbocycles. The predicted octanol–water partition coefficient (Wildman–Crippen LogP) is 2.29. The maximum atomic E-state index is 11.4. The van der Waals surface area contributed by atoms with Crippen molar-refractivity contribution < 1.29 is 9.53 Å². The number of nitrogens with zero attached hydrogens (tertiary/aromatic N) is 4. The van der Waals surface area contributed by atoms with E-state index in [0.29, 0.717) is 31.5 Å². The fraction of sp³-hybridized carbons (Fsp3) is 0.389. The first kappa shape index (κ1) is 17.0. The Hall–Kier alpha value is -2.83. The van der Waals surface area contributed by atoms with Gasteiger partial charge in [-0.05, 0) is 25.1 Å². The maximum absolute atomic E-state index is 11.4. The molecular formula is C18H23N5O2. The second kappa shape index (κ2) is 7.83. The quantitative estimate of drug-likeness (QED) is 0.900. The van der Waals surface area contributed by atoms with Gasteiger partial charge in [-0.3, -0.25) is 4.79 Å². The Kier molecular flexibility index (Phi) is 5.33. The van der Waals surface area contributed by atoms with Crippen molar-refractivity contribution in [3.63, 3.8) is 0 Å². The molecule has 0 unspecified atom stereocenters. The number of benzene rings is 1. The summed E-state index contributed by atoms with van der Waals surface area (Å²) < 4.78 is 5.64. The maximum Gasteiger partial charge on any atom is 0.227 e. The van der Waals surface area contributed by atoms with Gasteiger partial charge in [-0.25, -0.2) is 4.98 Å². The van der Waals surface area contributed by atoms with Gasteiger partial charge in [-0.15, -0.1) is 0 Å². The van der Waals surface area contributed by atoms with Gasteiger partial charge in [0.15, 0.2) is 0 Å². The predicted molar refractivity (Wildman–Crippen MR) is 97.4 cm³/mol. The topological polar surface area (TPSA) is 70.6 Å². The molecule has 0 aliphatic carbocycles. The average Bonchev–Trinajstić information content (AvgIpc) is 2.64. The lowest BCUT2D eigenvalue weighted by atomic mass is 10.3. The van der Waals surface area contributed by atoms with Crippen LogP contribution in [0.25, 0.3) is 0 Å². The zero-order valence-electron chi connectivity index (χ0n) is 14.6. The largest absolute Gasteiger partial charge is 0.492 e. The van der Waals surface area contributed by atoms with Crippen molar-refractivity contribution in [2.45, 2.75) is 13.8 Å². The van der Waals surface area contributed by atoms with E-state index >= 15 is 0 Å². The van der Waals surface area contributed by atoms with Gasteiger partial charge in [0, 0.05) is 39.3 Å². The highest BCUT2D eigenvalue weighted by molar-refractivity contribution is 5.73. The summed E-state index contributed by atoms with van der Waals surface area (Å²) in [4.78, 5) is 24.4. The third-order valence-electron chi connectivity index (χ3n) is 4.10. The van der Waals surface area contributed by atoms with Crippen LogP contribution in [0.15, 0.2) is 36.5 Å². The molecular weight excluding hydrogens is 318 g/mol. The summed E-state index contributed by atoms with van der Waals surface area (Å²) in [5.74, 6) is 2.29. The molecule has 1 aromatic heterocycles. The van der Waals surface area contributed by atoms with Crippen LogP contribution in [0.2, 0.25) is 0 Å². The van der Waals surface area contributed by atoms with Gasteiger partial charge in [0.25, 0.3) is 0 Å². The lowest BCUT2D eigenvalue weighted by Gasteiger charge is -2.34. The normalized spacial score (nSPS) is 14.3. The molecule has 7 heteroatoms. The van der Waals surface area contributed by atoms with Crippen LogP contribution in [-0.4, -0.2) is 53.6 Å². The molecule has 7 nitrogen and oxygen atoms in total. The van der Waals surface area contributed by atoms with Crippen molar-refractivity contribution in [3.05, 3.63) is 36.5 Å². The summed E-state index contributed by atoms with van der Waals surface area (Å²) >= 11 is 0. The first-order valence-electron chi connectivity index (χ1n) is 8.49. The molecule has 0 bridgehead atoms. The van der Waals surface area contributed by atoms with Crippen molar-refractivity contribution >= 4 is 23.4 Å². The molecule has 0 radical (unpaired) electrons. The molecule has 0 spiro atoms. The highest BCUT2D eigenvalue weighted by atomic mass is 16.5. The number of amides is 1. The van der Waals surface area contributed by atoms with Crippen molar-refractivity contribution in [1.29, 1.82) is 0 Å². The standard InChI is InChI=1S/C18H23N5O2/c1-3-25-16-7-5-4-6-15(16)20-17-8-9-19-18(21-17)23-12-10-22(11-13-23)14(2)24/h4-9H,3,10-13H2,1-2H3,(H,19,20,21). The van der Waals surface area contributed by atoms with Gasteiger partial charge in [0.1, 0.15) is 11.6 Å². The van der Waals surface area contributed by atoms with Crippen molar-refractivity contribution in [2.24, 2.45) is 0 Å². The summed E-state index contributed by atoms with van der Waals surface area (Å²) in [5.41, 5.74) is 0.871. The monoisotopic (exact) mass is 341 g/mol. The first-order chi connectivity index (χ1) is 12.2. The molecule has 1 aliphatic heterocycles. The number of carbonyl (C=O) groups is 1. The molecule has 2 heterocycles. The molecule has 1 N–H and O–H groups in total. The minimum atomic E-state index is 0.114. The summed E-state index contributed by atoms with van der Waals surface area (Å²) in [6.07, 6.45) is 1.74. The molecule has 1 saturated heterocycles. The fourth-order valence-electron chi connectivity index (χ4n) is 2.78. The molecule has 1 amide bonds. The van der Waals surface area contributed by atoms with E-state index in [1.165, 1.54) is 0 Å². The number of hydrogen-bond acceptors (Lipinski definition) is 6. The molecule has 1 fully saturated rings. The first-order valence-corrected chi connectivity index (χ1v) is 8.49. The SMILES string of the molecule is CCOc1ccccc1Nc1ccnc(N2CCN(C(C)=O)CC2)n1. The zero-order chi connectivity index (χ0) is 17.6. The Morgan fingerprint density at radius 2 is 1.96 bits per heavy atom. The molecule has 2 aromatic rings. The summed E-state index contributed by atoms with van der Waals surface area (Å²) in [7, 11) is 0. The Morgan fingerprint density at radius 3 is 2.68 bits per heavy atom. The van der Waals surface area contributed by atoms with Gasteiger partial charge >= 0.3 is 0 Å². The number of nitrogens with one attached hydrogen (secondary N) is 1. The molecule has 1 aromatic carbocycles. The van der Waals surface area contributed by atoms with Gasteiger partial charge in [0.05, 0.1) is 12.3 Å². The fourth-order valence-corrected chi connectivity index (χ4v) is 2.78. The van der Waals surface area contributed by atoms with Gasteiger partial charge < -0.3 is 19.9 Å². The van der Waals surface area contributed by atoms with Gasteiger partial charge in [0.2, 0.25) is 11.9 Å². The lowest BCUT2D eigenvalue weighted by Crippen LogP contribution is -2.48. The van der Waals surface area contributed by atoms with E-state index in [1.807, 2.05) is 42.2 Å². The smallest absolute Gasteiger partial charge is 0.227 e. The summed E-state index contributed by atoms with van der Waals surface area (Å²) in [6, 6.07) is 9.61. The van der Waals surface area contributed by atoms with Crippen LogP contribution in [-0.2, 0) is 4.79 Å². The van der Waals surface area contributed by atoms with E-state index in [9.17, 15) is 4.79 Å². The van der Waals surface area contributed by atoms with Gasteiger partial charge in [-0.2, -0.15) is 4.98 Å². The summed E-state index contributed by atoms with van der Waals surface area (Å²) in [6.45, 7) is 7.03. The number of hydrogen-bond donors (Lipinski definition) is 1. The minimum Gasteiger partial charge on any atom is -0.492 e. The highest BCUT2D eigenvalue weighted by Gasteiger charge is 2.20. The molecule has 0 atom stereocenters. The number of anilines is 3. The van der Waals surface area contributed by atoms with Crippen LogP contribution in [0.3, 0.4) is 0 Å². The van der Waals surface area contributed by atoms with E-state index in [-0.39, 0.29) is 5.91 Å². The van der Waals surface area contributed by atoms with Crippen LogP contribution in [0, 0.1) is 0 Å². The van der Waals surface area contributed by atoms with Crippen molar-refractivity contribution in [1.82, 2.24) is 14.9 Å². The van der Waals surface area contributed by atoms with Gasteiger partial charge in [-0.1, -0.05) is 12.1 Å². The Bertz CT molecular complexity index is 729. The van der Waals surface area contributed by atoms with Crippen molar-refractivity contribution in [3.8, 4) is 5.75 Å². The zero-order valence-corrected chi connectivity index (χ0v) is 14.6. The number of aromatic nitrogens is 2. The van der Waals surface area contributed by atoms with E-state index < -0.39 is 0 Å². The molecule has 25 heavy (non-hydrogen) atoms. The third kappa shape index (κ3) is 4.17. The highest BCUT2D eigenvalue weighted by Crippen LogP contribution is 2.27. The Labute approximate surface area is 147 Å². The number of carbonyl (C=O) groups excluding carboxylic acids is 1. The molecule has 132 valence electrons. The molecule has 3 rings (SSSR count). The Balaban J connectivity index is 1.71. The number of rotatable bonds is 5. The van der Waals surface area contributed by atoms with E-state index in [2.05, 4.69) is 20.2 Å². The Morgan fingerprint density at radius 1 is 1.20 bits per heavy atom. The average molecular weight is 341 g/mol. The van der Waals surface area contributed by atoms with Crippen molar-refractivity contribution in [2.75, 3.05) is 43.0 Å². The lowest BCUT2D eigenvalue weighted by molar-refractivity contribution is -0.129. The second-order valence-corrected chi connectivity index (χ2v) is 5.79. The van der Waals surface area contributed by atoms with Crippen LogP contribution in [0.5, 0.6) is 5.75 Å². The van der Waals surface area contributed by atoms with Crippen LogP contribution in [0.1, 0.15) is 13.8 Å². The van der Waals surface area contributed by atoms with Crippen LogP contribution in [0.4, 0.5) is 17.5 Å². The van der Waals surface area contributed by atoms with Crippen LogP contribution >= 0.6 is 0 Å². The third-order valence-corrected chi connectivity index (χ3v) is 4.10. The number of para-hydroxylation sites is 2. The van der Waals surface area contributed by atoms with E-state index in [1.54, 1.807) is 13.1 Å². The minimum absolute atomic E-state index is 0.114. The van der Waals surface area contributed by atoms with Crippen LogP contribution < -0.4 is 15.0 Å². The van der Waals surface area contributed by atoms with E-state index in [0.717, 1.165) is 24.5 Å². The summed E-state index contributed by atoms with van der Waals surface area (Å²) in [5, 5.41) is 3.30. The number of piperazine rings is 1. The second-order valence-electron chi connectivity index (χ2n) is 5.79. The van der Waals surface area contributed by atoms with E-state index in [4.69, 9.17) is 4.74 Å². The number of ether oxygens (including phenoxy) is 1. The molecule has 1 aliphatic rings.